The Balaban J connectivity index is 1.81. The van der Waals surface area contributed by atoms with Crippen molar-refractivity contribution in [3.05, 3.63) is 82.9 Å². The zero-order valence-electron chi connectivity index (χ0n) is 16.8. The summed E-state index contributed by atoms with van der Waals surface area (Å²) in [6, 6.07) is 12.9. The summed E-state index contributed by atoms with van der Waals surface area (Å²) in [5.41, 5.74) is 5.85. The number of hydrogen-bond acceptors (Lipinski definition) is 7. The van der Waals surface area contributed by atoms with Gasteiger partial charge in [-0.15, -0.1) is 0 Å². The van der Waals surface area contributed by atoms with Gasteiger partial charge in [0.25, 0.3) is 0 Å². The van der Waals surface area contributed by atoms with Crippen LogP contribution in [0.3, 0.4) is 0 Å². The fourth-order valence-electron chi connectivity index (χ4n) is 2.39. The highest BCUT2D eigenvalue weighted by atomic mass is 32.2. The monoisotopic (exact) mass is 391 g/mol. The molecule has 0 unspecified atom stereocenters. The number of hydrogen-bond donors (Lipinski definition) is 2. The van der Waals surface area contributed by atoms with Gasteiger partial charge in [0.05, 0.1) is 1.37 Å². The number of rotatable bonds is 6. The highest BCUT2D eigenvalue weighted by Gasteiger charge is 2.39. The number of benzene rings is 2. The van der Waals surface area contributed by atoms with Gasteiger partial charge < -0.3 is 20.4 Å². The maximum atomic E-state index is 12.7. The van der Waals surface area contributed by atoms with Crippen molar-refractivity contribution < 1.29 is 31.1 Å². The van der Waals surface area contributed by atoms with Crippen LogP contribution in [0.1, 0.15) is 28.9 Å². The van der Waals surface area contributed by atoms with Crippen LogP contribution in [0.15, 0.2) is 66.2 Å². The first-order chi connectivity index (χ1) is 14.0. The number of ether oxygens (including phenoxy) is 1. The summed E-state index contributed by atoms with van der Waals surface area (Å²) in [6.45, 7) is 0. The minimum Gasteiger partial charge on any atom is -0.460 e. The Kier molecular flexibility index (Phi) is 3.90. The first kappa shape index (κ1) is 14.8. The van der Waals surface area contributed by atoms with E-state index < -0.39 is 45.3 Å². The molecule has 2 aromatic rings. The molecule has 4 N–H and O–H groups in total. The van der Waals surface area contributed by atoms with Crippen LogP contribution < -0.4 is 11.5 Å². The van der Waals surface area contributed by atoms with E-state index in [2.05, 4.69) is 0 Å². The molecule has 1 aliphatic rings. The average Bonchev–Trinajstić information content (AvgIpc) is 2.91. The number of amides is 1. The minimum absolute atomic E-state index is 0.0272. The molecule has 0 aromatic heterocycles. The van der Waals surface area contributed by atoms with Crippen molar-refractivity contribution in [2.24, 2.45) is 11.5 Å². The second-order valence-electron chi connectivity index (χ2n) is 5.61. The molecule has 2 aromatic carbocycles. The summed E-state index contributed by atoms with van der Waals surface area (Å²) in [4.78, 5) is 24.3. The van der Waals surface area contributed by atoms with Gasteiger partial charge in [-0.05, 0) is 17.7 Å². The highest BCUT2D eigenvalue weighted by molar-refractivity contribution is 7.86. The molecule has 140 valence electrons. The Hall–Kier alpha value is -3.33. The maximum absolute atomic E-state index is 12.7. The van der Waals surface area contributed by atoms with E-state index >= 15 is 0 Å². The van der Waals surface area contributed by atoms with Gasteiger partial charge in [-0.2, -0.15) is 8.42 Å². The first-order valence-corrected chi connectivity index (χ1v) is 9.23. The predicted octanol–water partition coefficient (Wildman–Crippen LogP) is 1.10. The second-order valence-corrected chi connectivity index (χ2v) is 7.18. The lowest BCUT2D eigenvalue weighted by Gasteiger charge is -2.10. The summed E-state index contributed by atoms with van der Waals surface area (Å²) < 4.78 is 56.9. The van der Waals surface area contributed by atoms with Gasteiger partial charge in [0.1, 0.15) is 5.75 Å². The van der Waals surface area contributed by atoms with Crippen molar-refractivity contribution in [1.82, 2.24) is 0 Å². The van der Waals surface area contributed by atoms with E-state index in [4.69, 9.17) is 18.8 Å². The Morgan fingerprint density at radius 1 is 1.19 bits per heavy atom. The van der Waals surface area contributed by atoms with Crippen LogP contribution >= 0.6 is 0 Å². The molecule has 27 heavy (non-hydrogen) atoms. The smallest absolute Gasteiger partial charge is 0.313 e. The third-order valence-corrected chi connectivity index (χ3v) is 4.75. The molecule has 1 amide bonds. The number of carbonyl (C=O) groups is 2. The van der Waals surface area contributed by atoms with Gasteiger partial charge in [-0.25, -0.2) is 0 Å². The summed E-state index contributed by atoms with van der Waals surface area (Å²) in [5.74, 6) is -4.03. The summed E-state index contributed by atoms with van der Waals surface area (Å²) in [7, 11) is -4.26. The Labute approximate surface area is 159 Å². The molecule has 0 aliphatic carbocycles. The molecule has 8 nitrogen and oxygen atoms in total. The van der Waals surface area contributed by atoms with E-state index in [1.54, 1.807) is 30.3 Å². The molecule has 1 atom stereocenters. The van der Waals surface area contributed by atoms with Crippen molar-refractivity contribution in [3.63, 3.8) is 0 Å². The van der Waals surface area contributed by atoms with E-state index in [0.717, 1.165) is 0 Å². The third kappa shape index (κ3) is 4.09. The van der Waals surface area contributed by atoms with Crippen molar-refractivity contribution in [3.8, 4) is 0 Å². The topological polar surface area (TPSA) is 139 Å². The molecule has 0 bridgehead atoms. The van der Waals surface area contributed by atoms with Crippen molar-refractivity contribution in [1.29, 1.82) is 0 Å². The predicted molar refractivity (Wildman–Crippen MR) is 95.2 cm³/mol. The van der Waals surface area contributed by atoms with Gasteiger partial charge >= 0.3 is 10.1 Å². The van der Waals surface area contributed by atoms with Gasteiger partial charge in [-0.1, -0.05) is 42.5 Å². The quantitative estimate of drug-likeness (QED) is 0.703. The van der Waals surface area contributed by atoms with Crippen LogP contribution in [-0.2, 0) is 29.6 Å². The number of nitrogens with two attached hydrogens (primary N) is 2. The SMILES string of the molecule is [2H]N([2H])C(=O)c1ccc([C@]2([2H])OC(N)=C(OS(=O)(=O)Cc3ccccc3)C2=O)cc1. The Bertz CT molecular complexity index is 1120. The molecule has 0 radical (unpaired) electrons. The van der Waals surface area contributed by atoms with Gasteiger partial charge in [-0.3, -0.25) is 9.59 Å². The third-order valence-electron chi connectivity index (χ3n) is 3.64. The lowest BCUT2D eigenvalue weighted by molar-refractivity contribution is -0.123. The molecule has 0 fully saturated rings. The molecule has 0 saturated carbocycles. The zero-order chi connectivity index (χ0) is 22.1. The molecule has 1 heterocycles. The van der Waals surface area contributed by atoms with Crippen molar-refractivity contribution in [2.75, 3.05) is 0 Å². The fourth-order valence-corrected chi connectivity index (χ4v) is 3.46. The molecule has 1 aliphatic heterocycles. The van der Waals surface area contributed by atoms with Gasteiger partial charge in [0, 0.05) is 11.1 Å². The average molecular weight is 391 g/mol. The standard InChI is InChI=1S/C18H16N2O6S/c19-17(22)13-8-6-12(7-9-13)15-14(21)16(18(20)25-15)26-27(23,24)10-11-4-2-1-3-5-11/h1-9,15H,10,20H2,(H2,19,22)/t15-/m0/s1/i15D/hD2. The van der Waals surface area contributed by atoms with Crippen LogP contribution in [0, 0.1) is 0 Å². The van der Waals surface area contributed by atoms with Crippen molar-refractivity contribution >= 4 is 21.8 Å². The lowest BCUT2D eigenvalue weighted by atomic mass is 10.0. The molecule has 0 spiro atoms. The van der Waals surface area contributed by atoms with Crippen LogP contribution in [0.5, 0.6) is 0 Å². The van der Waals surface area contributed by atoms with E-state index in [-0.39, 0.29) is 16.8 Å². The van der Waals surface area contributed by atoms with Gasteiger partial charge in [0.15, 0.2) is 8.90 Å². The van der Waals surface area contributed by atoms with Crippen LogP contribution in [-0.4, -0.2) is 20.1 Å². The largest absolute Gasteiger partial charge is 0.460 e. The first-order valence-electron chi connectivity index (χ1n) is 9.05. The summed E-state index contributed by atoms with van der Waals surface area (Å²) in [6.07, 6.45) is -2.41. The summed E-state index contributed by atoms with van der Waals surface area (Å²) in [5, 5.41) is 0. The Morgan fingerprint density at radius 3 is 2.48 bits per heavy atom. The molecule has 9 heteroatoms. The van der Waals surface area contributed by atoms with E-state index in [1.807, 2.05) is 0 Å². The fraction of sp³-hybridized carbons (Fsp3) is 0.111. The molecular weight excluding hydrogens is 372 g/mol. The van der Waals surface area contributed by atoms with E-state index in [0.29, 0.717) is 5.56 Å². The molecule has 3 rings (SSSR count). The van der Waals surface area contributed by atoms with E-state index in [9.17, 15) is 18.0 Å². The zero-order valence-corrected chi connectivity index (χ0v) is 14.6. The van der Waals surface area contributed by atoms with Crippen LogP contribution in [0.25, 0.3) is 0 Å². The van der Waals surface area contributed by atoms with Crippen LogP contribution in [0.4, 0.5) is 0 Å². The normalized spacial score (nSPS) is 21.0. The highest BCUT2D eigenvalue weighted by Crippen LogP contribution is 2.32. The minimum atomic E-state index is -4.26. The van der Waals surface area contributed by atoms with Crippen molar-refractivity contribution in [2.45, 2.75) is 11.8 Å². The maximum Gasteiger partial charge on any atom is 0.313 e. The molecular formula is C18H16N2O6S. The summed E-state index contributed by atoms with van der Waals surface area (Å²) >= 11 is 0. The second kappa shape index (κ2) is 7.12. The number of carbonyl (C=O) groups excluding carboxylic acids is 2. The lowest BCUT2D eigenvalue weighted by Crippen LogP contribution is -2.16. The van der Waals surface area contributed by atoms with Crippen LogP contribution in [0.2, 0.25) is 2.82 Å². The number of Topliss-reactive ketones (excluding diaryl/α,β-unsaturated/α-hetero) is 1. The van der Waals surface area contributed by atoms with E-state index in [1.165, 1.54) is 24.3 Å². The Morgan fingerprint density at radius 2 is 1.85 bits per heavy atom. The number of ketones is 1. The number of primary amides is 1. The van der Waals surface area contributed by atoms with Gasteiger partial charge in [0.2, 0.25) is 23.3 Å². The molecule has 0 saturated heterocycles.